The lowest BCUT2D eigenvalue weighted by atomic mass is 9.95. The third kappa shape index (κ3) is 6.33. The first-order valence-corrected chi connectivity index (χ1v) is 18.8. The van der Waals surface area contributed by atoms with E-state index in [0.29, 0.717) is 17.5 Å². The summed E-state index contributed by atoms with van der Waals surface area (Å²) >= 11 is 0. The van der Waals surface area contributed by atoms with Gasteiger partial charge in [-0.1, -0.05) is 175 Å². The van der Waals surface area contributed by atoms with Gasteiger partial charge in [-0.3, -0.25) is 0 Å². The zero-order chi connectivity index (χ0) is 37.4. The molecule has 4 nitrogen and oxygen atoms in total. The molecule has 0 saturated carbocycles. The number of furan rings is 1. The topological polar surface area (TPSA) is 51.8 Å². The Labute approximate surface area is 325 Å². The van der Waals surface area contributed by atoms with Gasteiger partial charge >= 0.3 is 0 Å². The monoisotopic (exact) mass is 717 g/mol. The number of fused-ring (bicyclic) bond motifs is 3. The molecule has 10 rings (SSSR count). The lowest BCUT2D eigenvalue weighted by molar-refractivity contribution is 0.669. The second-order valence-corrected chi connectivity index (χ2v) is 14.1. The Morgan fingerprint density at radius 2 is 0.768 bits per heavy atom. The summed E-state index contributed by atoms with van der Waals surface area (Å²) in [5.74, 6) is 1.82. The standard InChI is InChI=1S/C52H35N3O/c1-34-18-20-36(21-19-34)38-26-28-41(29-27-38)51-53-50(40-12-6-3-7-13-40)54-52(55-51)44-30-31-46-48(33-44)56-47-17-9-16-45(49(46)47)43-15-8-14-42(32-43)39-24-22-37(23-25-39)35-10-4-2-5-11-35/h2-33H,1H3. The molecule has 264 valence electrons. The van der Waals surface area contributed by atoms with Crippen molar-refractivity contribution in [3.8, 4) is 78.7 Å². The Morgan fingerprint density at radius 3 is 1.41 bits per heavy atom. The SMILES string of the molecule is Cc1ccc(-c2ccc(-c3nc(-c4ccccc4)nc(-c4ccc5c(c4)oc4cccc(-c6cccc(-c7ccc(-c8ccccc8)cc7)c6)c45)n3)cc2)cc1. The van der Waals surface area contributed by atoms with Gasteiger partial charge in [0.15, 0.2) is 17.5 Å². The largest absolute Gasteiger partial charge is 0.456 e. The highest BCUT2D eigenvalue weighted by molar-refractivity contribution is 6.13. The number of hydrogen-bond donors (Lipinski definition) is 0. The molecule has 0 fully saturated rings. The molecule has 0 unspecified atom stereocenters. The van der Waals surface area contributed by atoms with Crippen molar-refractivity contribution in [1.82, 2.24) is 15.0 Å². The summed E-state index contributed by atoms with van der Waals surface area (Å²) in [6, 6.07) is 67.7. The van der Waals surface area contributed by atoms with Crippen LogP contribution in [0.15, 0.2) is 199 Å². The van der Waals surface area contributed by atoms with Crippen LogP contribution in [0.2, 0.25) is 0 Å². The molecule has 0 N–H and O–H groups in total. The Hall–Kier alpha value is -7.43. The molecule has 8 aromatic carbocycles. The average molecular weight is 718 g/mol. The molecule has 0 bridgehead atoms. The lowest BCUT2D eigenvalue weighted by Gasteiger charge is -2.10. The summed E-state index contributed by atoms with van der Waals surface area (Å²) in [5.41, 5.74) is 14.9. The van der Waals surface area contributed by atoms with Crippen LogP contribution in [0.5, 0.6) is 0 Å². The second kappa shape index (κ2) is 14.1. The highest BCUT2D eigenvalue weighted by atomic mass is 16.3. The van der Waals surface area contributed by atoms with Gasteiger partial charge in [0, 0.05) is 27.5 Å². The first-order chi connectivity index (χ1) is 27.6. The molecule has 2 aromatic heterocycles. The molecule has 0 saturated heterocycles. The maximum absolute atomic E-state index is 6.57. The number of benzene rings is 8. The molecule has 0 aliphatic rings. The maximum Gasteiger partial charge on any atom is 0.164 e. The van der Waals surface area contributed by atoms with Gasteiger partial charge < -0.3 is 4.42 Å². The van der Waals surface area contributed by atoms with Gasteiger partial charge in [0.1, 0.15) is 11.2 Å². The molecule has 4 heteroatoms. The molecule has 10 aromatic rings. The Morgan fingerprint density at radius 1 is 0.321 bits per heavy atom. The van der Waals surface area contributed by atoms with E-state index in [9.17, 15) is 0 Å². The number of aryl methyl sites for hydroxylation is 1. The summed E-state index contributed by atoms with van der Waals surface area (Å²) < 4.78 is 6.57. The van der Waals surface area contributed by atoms with Crippen molar-refractivity contribution >= 4 is 21.9 Å². The third-order valence-corrected chi connectivity index (χ3v) is 10.4. The fraction of sp³-hybridized carbons (Fsp3) is 0.0192. The second-order valence-electron chi connectivity index (χ2n) is 14.1. The van der Waals surface area contributed by atoms with Crippen LogP contribution in [-0.2, 0) is 0 Å². The van der Waals surface area contributed by atoms with Gasteiger partial charge in [-0.25, -0.2) is 15.0 Å². The van der Waals surface area contributed by atoms with Gasteiger partial charge in [-0.15, -0.1) is 0 Å². The lowest BCUT2D eigenvalue weighted by Crippen LogP contribution is -2.00. The normalized spacial score (nSPS) is 11.3. The molecule has 0 amide bonds. The third-order valence-electron chi connectivity index (χ3n) is 10.4. The predicted molar refractivity (Wildman–Crippen MR) is 230 cm³/mol. The fourth-order valence-corrected chi connectivity index (χ4v) is 7.47. The molecule has 2 heterocycles. The van der Waals surface area contributed by atoms with E-state index >= 15 is 0 Å². The van der Waals surface area contributed by atoms with Crippen molar-refractivity contribution in [1.29, 1.82) is 0 Å². The van der Waals surface area contributed by atoms with Crippen LogP contribution in [0.4, 0.5) is 0 Å². The Balaban J connectivity index is 1.02. The maximum atomic E-state index is 6.57. The van der Waals surface area contributed by atoms with Crippen molar-refractivity contribution < 1.29 is 4.42 Å². The van der Waals surface area contributed by atoms with Crippen LogP contribution in [0.3, 0.4) is 0 Å². The van der Waals surface area contributed by atoms with Gasteiger partial charge in [0.25, 0.3) is 0 Å². The van der Waals surface area contributed by atoms with Crippen molar-refractivity contribution in [3.63, 3.8) is 0 Å². The minimum absolute atomic E-state index is 0.588. The van der Waals surface area contributed by atoms with Crippen molar-refractivity contribution in [2.75, 3.05) is 0 Å². The van der Waals surface area contributed by atoms with E-state index in [0.717, 1.165) is 55.3 Å². The molecule has 56 heavy (non-hydrogen) atoms. The van der Waals surface area contributed by atoms with Gasteiger partial charge in [-0.2, -0.15) is 0 Å². The van der Waals surface area contributed by atoms with Gasteiger partial charge in [-0.05, 0) is 75.7 Å². The van der Waals surface area contributed by atoms with Crippen LogP contribution < -0.4 is 0 Å². The minimum Gasteiger partial charge on any atom is -0.456 e. The van der Waals surface area contributed by atoms with E-state index in [4.69, 9.17) is 19.4 Å². The summed E-state index contributed by atoms with van der Waals surface area (Å²) in [7, 11) is 0. The average Bonchev–Trinajstić information content (AvgIpc) is 3.66. The van der Waals surface area contributed by atoms with Crippen molar-refractivity contribution in [2.24, 2.45) is 0 Å². The van der Waals surface area contributed by atoms with E-state index in [-0.39, 0.29) is 0 Å². The van der Waals surface area contributed by atoms with E-state index in [2.05, 4.69) is 159 Å². The molecule has 0 aliphatic carbocycles. The van der Waals surface area contributed by atoms with Crippen LogP contribution >= 0.6 is 0 Å². The highest BCUT2D eigenvalue weighted by Crippen LogP contribution is 2.39. The number of aromatic nitrogens is 3. The predicted octanol–water partition coefficient (Wildman–Crippen LogP) is 13.7. The quantitative estimate of drug-likeness (QED) is 0.165. The number of rotatable bonds is 7. The van der Waals surface area contributed by atoms with Crippen molar-refractivity contribution in [3.05, 3.63) is 200 Å². The fourth-order valence-electron chi connectivity index (χ4n) is 7.47. The smallest absolute Gasteiger partial charge is 0.164 e. The van der Waals surface area contributed by atoms with Crippen LogP contribution in [-0.4, -0.2) is 15.0 Å². The first kappa shape index (κ1) is 33.2. The molecule has 0 spiro atoms. The summed E-state index contributed by atoms with van der Waals surface area (Å²) in [6.07, 6.45) is 0. The van der Waals surface area contributed by atoms with Crippen molar-refractivity contribution in [2.45, 2.75) is 6.92 Å². The van der Waals surface area contributed by atoms with E-state index in [1.807, 2.05) is 42.5 Å². The first-order valence-electron chi connectivity index (χ1n) is 18.8. The minimum atomic E-state index is 0.588. The van der Waals surface area contributed by atoms with Crippen LogP contribution in [0.25, 0.3) is 101 Å². The molecular weight excluding hydrogens is 683 g/mol. The number of nitrogens with zero attached hydrogens (tertiary/aromatic N) is 3. The summed E-state index contributed by atoms with van der Waals surface area (Å²) in [5, 5.41) is 2.13. The van der Waals surface area contributed by atoms with Crippen LogP contribution in [0, 0.1) is 6.92 Å². The van der Waals surface area contributed by atoms with Gasteiger partial charge in [0.2, 0.25) is 0 Å². The molecule has 0 radical (unpaired) electrons. The molecule has 0 atom stereocenters. The van der Waals surface area contributed by atoms with Gasteiger partial charge in [0.05, 0.1) is 0 Å². The zero-order valence-electron chi connectivity index (χ0n) is 30.7. The summed E-state index contributed by atoms with van der Waals surface area (Å²) in [4.78, 5) is 15.0. The summed E-state index contributed by atoms with van der Waals surface area (Å²) in [6.45, 7) is 2.10. The zero-order valence-corrected chi connectivity index (χ0v) is 30.7. The highest BCUT2D eigenvalue weighted by Gasteiger charge is 2.17. The van der Waals surface area contributed by atoms with Crippen LogP contribution in [0.1, 0.15) is 5.56 Å². The Bertz CT molecular complexity index is 2990. The van der Waals surface area contributed by atoms with E-state index < -0.39 is 0 Å². The molecular formula is C52H35N3O. The molecule has 0 aliphatic heterocycles. The van der Waals surface area contributed by atoms with E-state index in [1.165, 1.54) is 33.4 Å². The van der Waals surface area contributed by atoms with E-state index in [1.54, 1.807) is 0 Å². The Kier molecular flexibility index (Phi) is 8.34. The number of hydrogen-bond acceptors (Lipinski definition) is 4.